The molecule has 0 saturated heterocycles. The fourth-order valence-corrected chi connectivity index (χ4v) is 3.16. The lowest BCUT2D eigenvalue weighted by molar-refractivity contribution is -0.127. The van der Waals surface area contributed by atoms with Crippen LogP contribution in [0.5, 0.6) is 0 Å². The Balaban J connectivity index is 2.09. The highest BCUT2D eigenvalue weighted by Gasteiger charge is 2.32. The summed E-state index contributed by atoms with van der Waals surface area (Å²) in [5.41, 5.74) is 3.15. The molecular formula is C17H19N3O3. The second kappa shape index (κ2) is 5.89. The van der Waals surface area contributed by atoms with E-state index < -0.39 is 17.9 Å². The number of aromatic amines is 1. The van der Waals surface area contributed by atoms with Crippen molar-refractivity contribution in [3.8, 4) is 0 Å². The SMILES string of the molecule is CC(=O)NC(=O)/C(=C(\C)O)C1NCCc2c1[nH]c1ccccc21. The van der Waals surface area contributed by atoms with Crippen molar-refractivity contribution in [1.82, 2.24) is 15.6 Å². The Morgan fingerprint density at radius 1 is 1.26 bits per heavy atom. The van der Waals surface area contributed by atoms with Gasteiger partial charge in [0.2, 0.25) is 5.91 Å². The molecule has 4 N–H and O–H groups in total. The number of carbonyl (C=O) groups is 2. The highest BCUT2D eigenvalue weighted by atomic mass is 16.3. The zero-order chi connectivity index (χ0) is 16.6. The maximum Gasteiger partial charge on any atom is 0.259 e. The first kappa shape index (κ1) is 15.3. The number of nitrogens with one attached hydrogen (secondary N) is 3. The molecule has 0 spiro atoms. The van der Waals surface area contributed by atoms with E-state index in [0.717, 1.165) is 28.6 Å². The third-order valence-corrected chi connectivity index (χ3v) is 4.07. The minimum atomic E-state index is -0.582. The Hall–Kier alpha value is -2.60. The summed E-state index contributed by atoms with van der Waals surface area (Å²) in [6, 6.07) is 7.47. The monoisotopic (exact) mass is 313 g/mol. The van der Waals surface area contributed by atoms with Gasteiger partial charge in [-0.25, -0.2) is 0 Å². The summed E-state index contributed by atoms with van der Waals surface area (Å²) in [7, 11) is 0. The maximum atomic E-state index is 12.3. The van der Waals surface area contributed by atoms with Gasteiger partial charge in [0, 0.05) is 30.1 Å². The fourth-order valence-electron chi connectivity index (χ4n) is 3.16. The van der Waals surface area contributed by atoms with Crippen LogP contribution in [0.2, 0.25) is 0 Å². The van der Waals surface area contributed by atoms with Crippen LogP contribution in [0.1, 0.15) is 31.1 Å². The van der Waals surface area contributed by atoms with E-state index in [2.05, 4.69) is 15.6 Å². The van der Waals surface area contributed by atoms with Crippen LogP contribution in [0.4, 0.5) is 0 Å². The molecular weight excluding hydrogens is 294 g/mol. The second-order valence-corrected chi connectivity index (χ2v) is 5.71. The van der Waals surface area contributed by atoms with Crippen molar-refractivity contribution in [2.75, 3.05) is 6.54 Å². The number of rotatable bonds is 2. The van der Waals surface area contributed by atoms with Crippen molar-refractivity contribution >= 4 is 22.7 Å². The molecule has 6 heteroatoms. The summed E-state index contributed by atoms with van der Waals surface area (Å²) >= 11 is 0. The molecule has 0 bridgehead atoms. The normalized spacial score (nSPS) is 18.3. The van der Waals surface area contributed by atoms with Crippen molar-refractivity contribution in [3.05, 3.63) is 46.9 Å². The van der Waals surface area contributed by atoms with E-state index in [4.69, 9.17) is 0 Å². The summed E-state index contributed by atoms with van der Waals surface area (Å²) in [6.45, 7) is 3.40. The number of imide groups is 1. The van der Waals surface area contributed by atoms with E-state index in [1.165, 1.54) is 13.8 Å². The standard InChI is InChI=1S/C17H19N3O3/c1-9(21)14(17(23)19-10(2)22)16-15-12(7-8-18-16)11-5-3-4-6-13(11)20-15/h3-6,16,18,20-21H,7-8H2,1-2H3,(H,19,22,23)/b14-9+. The lowest BCUT2D eigenvalue weighted by Gasteiger charge is -2.26. The highest BCUT2D eigenvalue weighted by molar-refractivity contribution is 6.05. The number of carbonyl (C=O) groups excluding carboxylic acids is 2. The molecule has 2 amide bonds. The number of para-hydroxylation sites is 1. The molecule has 0 saturated carbocycles. The summed E-state index contributed by atoms with van der Waals surface area (Å²) in [4.78, 5) is 26.8. The molecule has 2 aromatic rings. The van der Waals surface area contributed by atoms with E-state index in [0.29, 0.717) is 6.54 Å². The van der Waals surface area contributed by atoms with Gasteiger partial charge in [0.25, 0.3) is 5.91 Å². The molecule has 0 aliphatic carbocycles. The predicted octanol–water partition coefficient (Wildman–Crippen LogP) is 1.85. The predicted molar refractivity (Wildman–Crippen MR) is 86.9 cm³/mol. The zero-order valence-electron chi connectivity index (χ0n) is 13.1. The number of H-pyrrole nitrogens is 1. The van der Waals surface area contributed by atoms with Gasteiger partial charge < -0.3 is 15.4 Å². The first-order valence-corrected chi connectivity index (χ1v) is 7.53. The van der Waals surface area contributed by atoms with E-state index in [1.807, 2.05) is 24.3 Å². The van der Waals surface area contributed by atoms with Gasteiger partial charge in [0.15, 0.2) is 0 Å². The van der Waals surface area contributed by atoms with E-state index in [1.54, 1.807) is 0 Å². The number of hydrogen-bond donors (Lipinski definition) is 4. The van der Waals surface area contributed by atoms with Gasteiger partial charge >= 0.3 is 0 Å². The minimum absolute atomic E-state index is 0.104. The molecule has 1 aliphatic rings. The lowest BCUT2D eigenvalue weighted by Crippen LogP contribution is -2.39. The number of amides is 2. The first-order valence-electron chi connectivity index (χ1n) is 7.53. The molecule has 120 valence electrons. The molecule has 6 nitrogen and oxygen atoms in total. The van der Waals surface area contributed by atoms with Crippen molar-refractivity contribution in [1.29, 1.82) is 0 Å². The Morgan fingerprint density at radius 3 is 2.70 bits per heavy atom. The molecule has 1 aromatic heterocycles. The second-order valence-electron chi connectivity index (χ2n) is 5.71. The number of allylic oxidation sites excluding steroid dienone is 1. The summed E-state index contributed by atoms with van der Waals surface area (Å²) in [5, 5.41) is 16.6. The Kier molecular flexibility index (Phi) is 3.92. The van der Waals surface area contributed by atoms with Gasteiger partial charge in [-0.2, -0.15) is 0 Å². The summed E-state index contributed by atoms with van der Waals surface area (Å²) < 4.78 is 0. The van der Waals surface area contributed by atoms with Crippen molar-refractivity contribution in [2.24, 2.45) is 0 Å². The van der Waals surface area contributed by atoms with Crippen LogP contribution < -0.4 is 10.6 Å². The summed E-state index contributed by atoms with van der Waals surface area (Å²) in [5.74, 6) is -1.14. The average Bonchev–Trinajstić information content (AvgIpc) is 2.86. The lowest BCUT2D eigenvalue weighted by atomic mass is 9.93. The van der Waals surface area contributed by atoms with Crippen LogP contribution in [0.15, 0.2) is 35.6 Å². The molecule has 3 rings (SSSR count). The third-order valence-electron chi connectivity index (χ3n) is 4.07. The van der Waals surface area contributed by atoms with Crippen molar-refractivity contribution in [2.45, 2.75) is 26.3 Å². The Morgan fingerprint density at radius 2 is 2.00 bits per heavy atom. The van der Waals surface area contributed by atoms with E-state index in [9.17, 15) is 14.7 Å². The molecule has 1 atom stereocenters. The molecule has 1 aromatic carbocycles. The van der Waals surface area contributed by atoms with Gasteiger partial charge in [-0.05, 0) is 25.0 Å². The van der Waals surface area contributed by atoms with E-state index in [-0.39, 0.29) is 11.3 Å². The number of benzene rings is 1. The fraction of sp³-hybridized carbons (Fsp3) is 0.294. The third kappa shape index (κ3) is 2.73. The van der Waals surface area contributed by atoms with Gasteiger partial charge in [0.05, 0.1) is 17.4 Å². The van der Waals surface area contributed by atoms with Gasteiger partial charge in [-0.1, -0.05) is 18.2 Å². The average molecular weight is 313 g/mol. The topological polar surface area (TPSA) is 94.2 Å². The first-order chi connectivity index (χ1) is 11.0. The molecule has 1 aliphatic heterocycles. The van der Waals surface area contributed by atoms with Crippen molar-refractivity contribution < 1.29 is 14.7 Å². The summed E-state index contributed by atoms with van der Waals surface area (Å²) in [6.07, 6.45) is 0.835. The quantitative estimate of drug-likeness (QED) is 0.503. The molecule has 2 heterocycles. The van der Waals surface area contributed by atoms with Gasteiger partial charge in [0.1, 0.15) is 0 Å². The number of aliphatic hydroxyl groups excluding tert-OH is 1. The van der Waals surface area contributed by atoms with Crippen LogP contribution in [0.25, 0.3) is 10.9 Å². The maximum absolute atomic E-state index is 12.3. The van der Waals surface area contributed by atoms with Crippen LogP contribution >= 0.6 is 0 Å². The molecule has 23 heavy (non-hydrogen) atoms. The van der Waals surface area contributed by atoms with Crippen LogP contribution in [-0.4, -0.2) is 28.4 Å². The Bertz CT molecular complexity index is 816. The van der Waals surface area contributed by atoms with Crippen LogP contribution in [0, 0.1) is 0 Å². The number of aromatic nitrogens is 1. The zero-order valence-corrected chi connectivity index (χ0v) is 13.1. The highest BCUT2D eigenvalue weighted by Crippen LogP contribution is 2.34. The molecule has 0 radical (unpaired) electrons. The molecule has 0 fully saturated rings. The van der Waals surface area contributed by atoms with Gasteiger partial charge in [-0.15, -0.1) is 0 Å². The Labute approximate surface area is 133 Å². The van der Waals surface area contributed by atoms with Crippen molar-refractivity contribution in [3.63, 3.8) is 0 Å². The minimum Gasteiger partial charge on any atom is -0.512 e. The number of fused-ring (bicyclic) bond motifs is 3. The van der Waals surface area contributed by atoms with E-state index >= 15 is 0 Å². The smallest absolute Gasteiger partial charge is 0.259 e. The van der Waals surface area contributed by atoms with Crippen LogP contribution in [0.3, 0.4) is 0 Å². The molecule has 1 unspecified atom stereocenters. The number of aliphatic hydroxyl groups is 1. The number of hydrogen-bond acceptors (Lipinski definition) is 4. The van der Waals surface area contributed by atoms with Crippen LogP contribution in [-0.2, 0) is 16.0 Å². The van der Waals surface area contributed by atoms with Gasteiger partial charge in [-0.3, -0.25) is 14.9 Å². The largest absolute Gasteiger partial charge is 0.512 e.